The Morgan fingerprint density at radius 2 is 1.68 bits per heavy atom. The van der Waals surface area contributed by atoms with Gasteiger partial charge in [0.15, 0.2) is 14.1 Å². The van der Waals surface area contributed by atoms with Gasteiger partial charge in [0, 0.05) is 6.10 Å². The Morgan fingerprint density at radius 1 is 1.16 bits per heavy atom. The average molecular weight is 283 g/mol. The van der Waals surface area contributed by atoms with Gasteiger partial charge in [-0.3, -0.25) is 4.79 Å². The predicted octanol–water partition coefficient (Wildman–Crippen LogP) is 4.71. The minimum Gasteiger partial charge on any atom is -0.414 e. The third-order valence-electron chi connectivity index (χ3n) is 4.59. The minimum atomic E-state index is -1.62. The molecule has 1 aliphatic rings. The SMILES string of the molecule is CC(=O)/C=C/C1CCC(O[Si](C)(C)C(C)(C)C)CC1. The zero-order valence-electron chi connectivity index (χ0n) is 13.5. The second-order valence-electron chi connectivity index (χ2n) is 7.38. The highest BCUT2D eigenvalue weighted by Crippen LogP contribution is 2.39. The van der Waals surface area contributed by atoms with Gasteiger partial charge in [-0.2, -0.15) is 0 Å². The topological polar surface area (TPSA) is 26.3 Å². The van der Waals surface area contributed by atoms with Crippen molar-refractivity contribution in [1.29, 1.82) is 0 Å². The third kappa shape index (κ3) is 5.23. The zero-order valence-corrected chi connectivity index (χ0v) is 14.5. The Balaban J connectivity index is 2.45. The van der Waals surface area contributed by atoms with Crippen LogP contribution in [0.15, 0.2) is 12.2 Å². The Bertz CT molecular complexity index is 331. The first-order valence-electron chi connectivity index (χ1n) is 7.48. The molecule has 0 atom stereocenters. The highest BCUT2D eigenvalue weighted by Gasteiger charge is 2.39. The second-order valence-corrected chi connectivity index (χ2v) is 12.1. The quantitative estimate of drug-likeness (QED) is 0.551. The molecule has 2 nitrogen and oxygen atoms in total. The van der Waals surface area contributed by atoms with Crippen LogP contribution in [0.25, 0.3) is 0 Å². The number of carbonyl (C=O) groups is 1. The van der Waals surface area contributed by atoms with Crippen LogP contribution in [0.1, 0.15) is 53.4 Å². The van der Waals surface area contributed by atoms with Crippen LogP contribution >= 0.6 is 0 Å². The summed E-state index contributed by atoms with van der Waals surface area (Å²) in [5.41, 5.74) is 0. The van der Waals surface area contributed by atoms with E-state index in [1.54, 1.807) is 13.0 Å². The van der Waals surface area contributed by atoms with Crippen molar-refractivity contribution in [1.82, 2.24) is 0 Å². The molecular formula is C16H30O2Si. The molecular weight excluding hydrogens is 252 g/mol. The monoisotopic (exact) mass is 282 g/mol. The molecule has 1 fully saturated rings. The maximum Gasteiger partial charge on any atom is 0.192 e. The van der Waals surface area contributed by atoms with Crippen molar-refractivity contribution in [2.75, 3.05) is 0 Å². The van der Waals surface area contributed by atoms with E-state index in [0.717, 1.165) is 25.7 Å². The molecule has 0 bridgehead atoms. The van der Waals surface area contributed by atoms with Crippen LogP contribution in [-0.4, -0.2) is 20.2 Å². The molecule has 0 unspecified atom stereocenters. The number of hydrogen-bond donors (Lipinski definition) is 0. The van der Waals surface area contributed by atoms with Gasteiger partial charge in [0.2, 0.25) is 0 Å². The van der Waals surface area contributed by atoms with E-state index in [2.05, 4.69) is 39.9 Å². The van der Waals surface area contributed by atoms with Crippen molar-refractivity contribution in [2.45, 2.75) is 77.6 Å². The van der Waals surface area contributed by atoms with Gasteiger partial charge in [0.25, 0.3) is 0 Å². The molecule has 0 N–H and O–H groups in total. The maximum absolute atomic E-state index is 10.9. The van der Waals surface area contributed by atoms with Crippen LogP contribution < -0.4 is 0 Å². The molecule has 0 radical (unpaired) electrons. The number of hydrogen-bond acceptors (Lipinski definition) is 2. The van der Waals surface area contributed by atoms with Gasteiger partial charge >= 0.3 is 0 Å². The standard InChI is InChI=1S/C16H30O2Si/c1-13(17)7-8-14-9-11-15(12-10-14)18-19(5,6)16(2,3)4/h7-8,14-15H,9-12H2,1-6H3/b8-7+. The lowest BCUT2D eigenvalue weighted by Crippen LogP contribution is -2.44. The second kappa shape index (κ2) is 6.36. The average Bonchev–Trinajstić information content (AvgIpc) is 2.26. The Morgan fingerprint density at radius 3 is 2.11 bits per heavy atom. The molecule has 0 spiro atoms. The van der Waals surface area contributed by atoms with E-state index in [1.807, 2.05) is 0 Å². The van der Waals surface area contributed by atoms with Crippen LogP contribution in [0.5, 0.6) is 0 Å². The van der Waals surface area contributed by atoms with Crippen LogP contribution in [0.3, 0.4) is 0 Å². The van der Waals surface area contributed by atoms with Gasteiger partial charge < -0.3 is 4.43 Å². The highest BCUT2D eigenvalue weighted by molar-refractivity contribution is 6.74. The summed E-state index contributed by atoms with van der Waals surface area (Å²) in [5.74, 6) is 0.725. The van der Waals surface area contributed by atoms with Crippen LogP contribution in [0.2, 0.25) is 18.1 Å². The van der Waals surface area contributed by atoms with Crippen LogP contribution in [0, 0.1) is 5.92 Å². The maximum atomic E-state index is 10.9. The number of allylic oxidation sites excluding steroid dienone is 2. The molecule has 0 aliphatic heterocycles. The largest absolute Gasteiger partial charge is 0.414 e. The summed E-state index contributed by atoms with van der Waals surface area (Å²) in [6.45, 7) is 13.1. The van der Waals surface area contributed by atoms with Gasteiger partial charge in [-0.05, 0) is 62.7 Å². The summed E-state index contributed by atoms with van der Waals surface area (Å²) in [5, 5.41) is 0.290. The van der Waals surface area contributed by atoms with E-state index in [4.69, 9.17) is 4.43 Å². The van der Waals surface area contributed by atoms with Gasteiger partial charge in [-0.25, -0.2) is 0 Å². The fourth-order valence-electron chi connectivity index (χ4n) is 2.26. The van der Waals surface area contributed by atoms with E-state index < -0.39 is 8.32 Å². The molecule has 3 heteroatoms. The predicted molar refractivity (Wildman–Crippen MR) is 83.8 cm³/mol. The molecule has 0 aromatic heterocycles. The van der Waals surface area contributed by atoms with Crippen molar-refractivity contribution < 1.29 is 9.22 Å². The smallest absolute Gasteiger partial charge is 0.192 e. The first-order chi connectivity index (χ1) is 8.62. The van der Waals surface area contributed by atoms with Crippen molar-refractivity contribution >= 4 is 14.1 Å². The minimum absolute atomic E-state index is 0.152. The lowest BCUT2D eigenvalue weighted by Gasteiger charge is -2.41. The molecule has 0 saturated heterocycles. The summed E-state index contributed by atoms with van der Waals surface area (Å²) in [7, 11) is -1.62. The number of carbonyl (C=O) groups excluding carboxylic acids is 1. The molecule has 19 heavy (non-hydrogen) atoms. The first-order valence-corrected chi connectivity index (χ1v) is 10.4. The van der Waals surface area contributed by atoms with E-state index in [1.165, 1.54) is 0 Å². The van der Waals surface area contributed by atoms with Gasteiger partial charge in [-0.15, -0.1) is 0 Å². The Kier molecular flexibility index (Phi) is 5.57. The van der Waals surface area contributed by atoms with Gasteiger partial charge in [0.05, 0.1) is 0 Å². The first kappa shape index (κ1) is 16.6. The van der Waals surface area contributed by atoms with Gasteiger partial charge in [-0.1, -0.05) is 26.8 Å². The fourth-order valence-corrected chi connectivity index (χ4v) is 3.69. The summed E-state index contributed by atoms with van der Waals surface area (Å²) < 4.78 is 6.46. The Labute approximate surface area is 119 Å². The molecule has 0 amide bonds. The number of rotatable bonds is 4. The van der Waals surface area contributed by atoms with Gasteiger partial charge in [0.1, 0.15) is 0 Å². The zero-order chi connectivity index (χ0) is 14.7. The third-order valence-corrected chi connectivity index (χ3v) is 9.12. The molecule has 1 aliphatic carbocycles. The molecule has 110 valence electrons. The fraction of sp³-hybridized carbons (Fsp3) is 0.812. The van der Waals surface area contributed by atoms with E-state index in [9.17, 15) is 4.79 Å². The summed E-state index contributed by atoms with van der Waals surface area (Å²) in [4.78, 5) is 10.9. The van der Waals surface area contributed by atoms with E-state index >= 15 is 0 Å². The van der Waals surface area contributed by atoms with E-state index in [0.29, 0.717) is 17.1 Å². The van der Waals surface area contributed by atoms with Crippen LogP contribution in [-0.2, 0) is 9.22 Å². The van der Waals surface area contributed by atoms with E-state index in [-0.39, 0.29) is 5.78 Å². The molecule has 0 aromatic carbocycles. The lowest BCUT2D eigenvalue weighted by molar-refractivity contribution is -0.112. The summed E-state index contributed by atoms with van der Waals surface area (Å²) in [6, 6.07) is 0. The Hall–Kier alpha value is -0.413. The lowest BCUT2D eigenvalue weighted by atomic mass is 9.87. The number of ketones is 1. The molecule has 1 saturated carbocycles. The molecule has 1 rings (SSSR count). The normalized spacial score (nSPS) is 25.8. The molecule has 0 aromatic rings. The van der Waals surface area contributed by atoms with Crippen molar-refractivity contribution in [3.8, 4) is 0 Å². The summed E-state index contributed by atoms with van der Waals surface area (Å²) in [6.07, 6.45) is 8.83. The van der Waals surface area contributed by atoms with Crippen molar-refractivity contribution in [3.63, 3.8) is 0 Å². The summed E-state index contributed by atoms with van der Waals surface area (Å²) >= 11 is 0. The van der Waals surface area contributed by atoms with Crippen molar-refractivity contribution in [2.24, 2.45) is 5.92 Å². The van der Waals surface area contributed by atoms with Crippen LogP contribution in [0.4, 0.5) is 0 Å². The van der Waals surface area contributed by atoms with Crippen molar-refractivity contribution in [3.05, 3.63) is 12.2 Å². The highest BCUT2D eigenvalue weighted by atomic mass is 28.4. The molecule has 0 heterocycles.